The molecule has 0 aromatic carbocycles. The fourth-order valence-electron chi connectivity index (χ4n) is 2.34. The summed E-state index contributed by atoms with van der Waals surface area (Å²) in [6.07, 6.45) is 5.05. The lowest BCUT2D eigenvalue weighted by molar-refractivity contribution is 0.189. The van der Waals surface area contributed by atoms with Crippen molar-refractivity contribution in [3.63, 3.8) is 0 Å². The van der Waals surface area contributed by atoms with E-state index in [1.807, 2.05) is 0 Å². The summed E-state index contributed by atoms with van der Waals surface area (Å²) in [4.78, 5) is 0. The normalized spacial score (nSPS) is 31.7. The maximum atomic E-state index is 9.29. The van der Waals surface area contributed by atoms with Crippen molar-refractivity contribution in [2.75, 3.05) is 6.61 Å². The Morgan fingerprint density at radius 2 is 2.14 bits per heavy atom. The molecule has 4 unspecified atom stereocenters. The Bertz CT molecular complexity index is 160. The summed E-state index contributed by atoms with van der Waals surface area (Å²) in [5, 5.41) is 12.9. The van der Waals surface area contributed by atoms with Gasteiger partial charge in [0.25, 0.3) is 0 Å². The SMILES string of the molecule is CCC(C)C(CO)NC1CCC(C)C1. The summed E-state index contributed by atoms with van der Waals surface area (Å²) in [6.45, 7) is 7.00. The van der Waals surface area contributed by atoms with Gasteiger partial charge >= 0.3 is 0 Å². The molecule has 1 aliphatic rings. The van der Waals surface area contributed by atoms with Crippen molar-refractivity contribution in [2.45, 2.75) is 58.5 Å². The molecule has 0 aromatic heterocycles. The first-order valence-electron chi connectivity index (χ1n) is 6.04. The molecule has 0 amide bonds. The largest absolute Gasteiger partial charge is 0.395 e. The maximum absolute atomic E-state index is 9.29. The third-order valence-electron chi connectivity index (χ3n) is 3.67. The second-order valence-corrected chi connectivity index (χ2v) is 4.96. The molecule has 0 bridgehead atoms. The molecule has 1 saturated carbocycles. The van der Waals surface area contributed by atoms with Crippen LogP contribution in [-0.4, -0.2) is 23.8 Å². The second-order valence-electron chi connectivity index (χ2n) is 4.96. The lowest BCUT2D eigenvalue weighted by atomic mass is 9.98. The van der Waals surface area contributed by atoms with Crippen LogP contribution < -0.4 is 5.32 Å². The summed E-state index contributed by atoms with van der Waals surface area (Å²) >= 11 is 0. The van der Waals surface area contributed by atoms with Gasteiger partial charge < -0.3 is 10.4 Å². The molecular formula is C12H25NO. The van der Waals surface area contributed by atoms with Gasteiger partial charge in [0.1, 0.15) is 0 Å². The van der Waals surface area contributed by atoms with Gasteiger partial charge in [-0.1, -0.05) is 27.2 Å². The highest BCUT2D eigenvalue weighted by molar-refractivity contribution is 4.83. The smallest absolute Gasteiger partial charge is 0.0587 e. The van der Waals surface area contributed by atoms with Gasteiger partial charge in [0, 0.05) is 12.1 Å². The third kappa shape index (κ3) is 3.25. The number of hydrogen-bond acceptors (Lipinski definition) is 2. The van der Waals surface area contributed by atoms with Crippen LogP contribution in [0.15, 0.2) is 0 Å². The minimum absolute atomic E-state index is 0.278. The molecule has 84 valence electrons. The highest BCUT2D eigenvalue weighted by atomic mass is 16.3. The molecule has 1 aliphatic carbocycles. The molecule has 0 saturated heterocycles. The second kappa shape index (κ2) is 5.72. The fraction of sp³-hybridized carbons (Fsp3) is 1.00. The van der Waals surface area contributed by atoms with Crippen molar-refractivity contribution in [2.24, 2.45) is 11.8 Å². The van der Waals surface area contributed by atoms with Crippen molar-refractivity contribution in [3.8, 4) is 0 Å². The van der Waals surface area contributed by atoms with Gasteiger partial charge in [-0.25, -0.2) is 0 Å². The Balaban J connectivity index is 2.33. The van der Waals surface area contributed by atoms with Crippen molar-refractivity contribution in [1.82, 2.24) is 5.32 Å². The molecule has 0 heterocycles. The lowest BCUT2D eigenvalue weighted by Gasteiger charge is -2.26. The zero-order valence-electron chi connectivity index (χ0n) is 9.79. The van der Waals surface area contributed by atoms with Crippen LogP contribution in [-0.2, 0) is 0 Å². The Hall–Kier alpha value is -0.0800. The quantitative estimate of drug-likeness (QED) is 0.711. The van der Waals surface area contributed by atoms with E-state index in [0.29, 0.717) is 18.0 Å². The number of rotatable bonds is 5. The van der Waals surface area contributed by atoms with Crippen molar-refractivity contribution in [1.29, 1.82) is 0 Å². The van der Waals surface area contributed by atoms with E-state index >= 15 is 0 Å². The van der Waals surface area contributed by atoms with Crippen LogP contribution in [0.5, 0.6) is 0 Å². The topological polar surface area (TPSA) is 32.3 Å². The molecule has 4 atom stereocenters. The predicted molar refractivity (Wildman–Crippen MR) is 60.3 cm³/mol. The summed E-state index contributed by atoms with van der Waals surface area (Å²) in [5.41, 5.74) is 0. The molecule has 0 aliphatic heterocycles. The minimum atomic E-state index is 0.278. The summed E-state index contributed by atoms with van der Waals surface area (Å²) < 4.78 is 0. The third-order valence-corrected chi connectivity index (χ3v) is 3.67. The van der Waals surface area contributed by atoms with E-state index in [0.717, 1.165) is 12.3 Å². The van der Waals surface area contributed by atoms with E-state index in [2.05, 4.69) is 26.1 Å². The molecular weight excluding hydrogens is 174 g/mol. The Kier molecular flexibility index (Phi) is 4.90. The molecule has 2 heteroatoms. The van der Waals surface area contributed by atoms with Gasteiger partial charge in [0.05, 0.1) is 6.61 Å². The number of aliphatic hydroxyl groups is 1. The predicted octanol–water partition coefficient (Wildman–Crippen LogP) is 2.17. The average Bonchev–Trinajstić information content (AvgIpc) is 2.59. The highest BCUT2D eigenvalue weighted by Crippen LogP contribution is 2.25. The minimum Gasteiger partial charge on any atom is -0.395 e. The molecule has 14 heavy (non-hydrogen) atoms. The first-order valence-corrected chi connectivity index (χ1v) is 6.04. The van der Waals surface area contributed by atoms with E-state index in [1.54, 1.807) is 0 Å². The van der Waals surface area contributed by atoms with Crippen LogP contribution in [0.3, 0.4) is 0 Å². The Morgan fingerprint density at radius 3 is 2.57 bits per heavy atom. The monoisotopic (exact) mass is 199 g/mol. The highest BCUT2D eigenvalue weighted by Gasteiger charge is 2.25. The van der Waals surface area contributed by atoms with Crippen molar-refractivity contribution < 1.29 is 5.11 Å². The van der Waals surface area contributed by atoms with Crippen LogP contribution in [0, 0.1) is 11.8 Å². The van der Waals surface area contributed by atoms with Crippen LogP contribution in [0.4, 0.5) is 0 Å². The van der Waals surface area contributed by atoms with Gasteiger partial charge in [-0.3, -0.25) is 0 Å². The van der Waals surface area contributed by atoms with Gasteiger partial charge in [-0.2, -0.15) is 0 Å². The molecule has 1 fully saturated rings. The Labute approximate surface area is 88.1 Å². The summed E-state index contributed by atoms with van der Waals surface area (Å²) in [6, 6.07) is 0.950. The maximum Gasteiger partial charge on any atom is 0.0587 e. The first-order chi connectivity index (χ1) is 6.67. The molecule has 0 aromatic rings. The lowest BCUT2D eigenvalue weighted by Crippen LogP contribution is -2.43. The standard InChI is InChI=1S/C12H25NO/c1-4-10(3)12(8-14)13-11-6-5-9(2)7-11/h9-14H,4-8H2,1-3H3. The van der Waals surface area contributed by atoms with E-state index in [4.69, 9.17) is 0 Å². The molecule has 2 nitrogen and oxygen atoms in total. The van der Waals surface area contributed by atoms with E-state index < -0.39 is 0 Å². The molecule has 0 radical (unpaired) electrons. The van der Waals surface area contributed by atoms with Crippen LogP contribution in [0.2, 0.25) is 0 Å². The van der Waals surface area contributed by atoms with Crippen LogP contribution in [0.25, 0.3) is 0 Å². The first kappa shape index (κ1) is 12.0. The molecule has 2 N–H and O–H groups in total. The fourth-order valence-corrected chi connectivity index (χ4v) is 2.34. The van der Waals surface area contributed by atoms with Gasteiger partial charge in [0.2, 0.25) is 0 Å². The van der Waals surface area contributed by atoms with Crippen LogP contribution >= 0.6 is 0 Å². The number of hydrogen-bond donors (Lipinski definition) is 2. The van der Waals surface area contributed by atoms with E-state index in [-0.39, 0.29) is 6.61 Å². The van der Waals surface area contributed by atoms with Gasteiger partial charge in [-0.05, 0) is 31.1 Å². The summed E-state index contributed by atoms with van der Waals surface area (Å²) in [7, 11) is 0. The zero-order valence-corrected chi connectivity index (χ0v) is 9.79. The van der Waals surface area contributed by atoms with Crippen LogP contribution in [0.1, 0.15) is 46.5 Å². The summed E-state index contributed by atoms with van der Waals surface area (Å²) in [5.74, 6) is 1.44. The van der Waals surface area contributed by atoms with E-state index in [1.165, 1.54) is 19.3 Å². The van der Waals surface area contributed by atoms with E-state index in [9.17, 15) is 5.11 Å². The van der Waals surface area contributed by atoms with Crippen molar-refractivity contribution in [3.05, 3.63) is 0 Å². The van der Waals surface area contributed by atoms with Gasteiger partial charge in [-0.15, -0.1) is 0 Å². The molecule has 1 rings (SSSR count). The van der Waals surface area contributed by atoms with Crippen molar-refractivity contribution >= 4 is 0 Å². The van der Waals surface area contributed by atoms with Gasteiger partial charge in [0.15, 0.2) is 0 Å². The molecule has 0 spiro atoms. The average molecular weight is 199 g/mol. The number of aliphatic hydroxyl groups excluding tert-OH is 1. The zero-order chi connectivity index (χ0) is 10.6. The number of nitrogens with one attached hydrogen (secondary N) is 1. The Morgan fingerprint density at radius 1 is 1.43 bits per heavy atom.